The fraction of sp³-hybridized carbons (Fsp3) is 0.273. The third-order valence-electron chi connectivity index (χ3n) is 4.45. The molecule has 0 aliphatic heterocycles. The van der Waals surface area contributed by atoms with Crippen molar-refractivity contribution in [2.75, 3.05) is 11.9 Å². The zero-order valence-electron chi connectivity index (χ0n) is 16.2. The molecule has 146 valence electrons. The first-order valence-corrected chi connectivity index (χ1v) is 10.9. The molecule has 0 atom stereocenters. The summed E-state index contributed by atoms with van der Waals surface area (Å²) in [6.45, 7) is 6.25. The second-order valence-corrected chi connectivity index (χ2v) is 8.40. The van der Waals surface area contributed by atoms with Crippen LogP contribution in [0.25, 0.3) is 11.3 Å². The third kappa shape index (κ3) is 5.20. The number of amides is 1. The number of hydrogen-bond acceptors (Lipinski definition) is 4. The lowest BCUT2D eigenvalue weighted by atomic mass is 10.1. The van der Waals surface area contributed by atoms with E-state index in [1.165, 1.54) is 28.0 Å². The number of nitrogens with one attached hydrogen (secondary N) is 1. The third-order valence-corrected chi connectivity index (χ3v) is 5.82. The van der Waals surface area contributed by atoms with Crippen molar-refractivity contribution in [1.82, 2.24) is 4.98 Å². The van der Waals surface area contributed by atoms with Crippen LogP contribution >= 0.6 is 27.3 Å². The number of nitrogens with zero attached hydrogens (tertiary/aromatic N) is 1. The lowest BCUT2D eigenvalue weighted by Crippen LogP contribution is -2.20. The Hall–Kier alpha value is -2.18. The highest BCUT2D eigenvalue weighted by Crippen LogP contribution is 2.28. The Kier molecular flexibility index (Phi) is 6.86. The Morgan fingerprint density at radius 3 is 2.71 bits per heavy atom. The molecule has 0 aliphatic rings. The highest BCUT2D eigenvalue weighted by atomic mass is 79.9. The van der Waals surface area contributed by atoms with Crippen molar-refractivity contribution in [2.45, 2.75) is 33.6 Å². The summed E-state index contributed by atoms with van der Waals surface area (Å²) in [5, 5.41) is 5.32. The van der Waals surface area contributed by atoms with Gasteiger partial charge in [0.25, 0.3) is 5.91 Å². The number of benzene rings is 2. The number of hydrogen-bond donors (Lipinski definition) is 1. The number of carbonyl (C=O) groups excluding carboxylic acids is 1. The van der Waals surface area contributed by atoms with Crippen molar-refractivity contribution in [2.24, 2.45) is 0 Å². The van der Waals surface area contributed by atoms with Crippen LogP contribution < -0.4 is 10.1 Å². The molecule has 1 amide bonds. The SMILES string of the molecule is CCCc1ccc(OCC(=O)Nc2nc(-c3ccc(C)c(C)c3)cs2)c(Br)c1. The summed E-state index contributed by atoms with van der Waals surface area (Å²) in [5.41, 5.74) is 5.62. The number of thiazole rings is 1. The van der Waals surface area contributed by atoms with E-state index in [1.54, 1.807) is 0 Å². The Morgan fingerprint density at radius 1 is 1.18 bits per heavy atom. The van der Waals surface area contributed by atoms with Gasteiger partial charge in [0, 0.05) is 10.9 Å². The predicted molar refractivity (Wildman–Crippen MR) is 119 cm³/mol. The van der Waals surface area contributed by atoms with Crippen LogP contribution in [0, 0.1) is 13.8 Å². The van der Waals surface area contributed by atoms with Gasteiger partial charge in [-0.05, 0) is 71.1 Å². The number of rotatable bonds is 7. The number of anilines is 1. The van der Waals surface area contributed by atoms with Crippen LogP contribution in [0.3, 0.4) is 0 Å². The molecule has 1 N–H and O–H groups in total. The topological polar surface area (TPSA) is 51.2 Å². The van der Waals surface area contributed by atoms with E-state index in [2.05, 4.69) is 59.1 Å². The summed E-state index contributed by atoms with van der Waals surface area (Å²) in [6.07, 6.45) is 2.11. The minimum absolute atomic E-state index is 0.0652. The summed E-state index contributed by atoms with van der Waals surface area (Å²) in [4.78, 5) is 16.7. The van der Waals surface area contributed by atoms with Gasteiger partial charge in [0.2, 0.25) is 0 Å². The quantitative estimate of drug-likeness (QED) is 0.461. The molecule has 0 saturated carbocycles. The second kappa shape index (κ2) is 9.34. The van der Waals surface area contributed by atoms with Gasteiger partial charge in [-0.15, -0.1) is 11.3 Å². The largest absolute Gasteiger partial charge is 0.483 e. The summed E-state index contributed by atoms with van der Waals surface area (Å²) in [5.74, 6) is 0.426. The lowest BCUT2D eigenvalue weighted by Gasteiger charge is -2.09. The van der Waals surface area contributed by atoms with Gasteiger partial charge >= 0.3 is 0 Å². The molecule has 1 heterocycles. The first-order valence-electron chi connectivity index (χ1n) is 9.20. The van der Waals surface area contributed by atoms with Crippen LogP contribution in [-0.2, 0) is 11.2 Å². The lowest BCUT2D eigenvalue weighted by molar-refractivity contribution is -0.118. The van der Waals surface area contributed by atoms with Crippen molar-refractivity contribution in [3.05, 3.63) is 62.9 Å². The molecular weight excluding hydrogens is 436 g/mol. The molecule has 0 aliphatic carbocycles. The number of carbonyl (C=O) groups is 1. The average Bonchev–Trinajstić information content (AvgIpc) is 3.12. The van der Waals surface area contributed by atoms with E-state index >= 15 is 0 Å². The van der Waals surface area contributed by atoms with E-state index in [4.69, 9.17) is 4.74 Å². The van der Waals surface area contributed by atoms with Gasteiger partial charge < -0.3 is 4.74 Å². The normalized spacial score (nSPS) is 10.7. The summed E-state index contributed by atoms with van der Waals surface area (Å²) >= 11 is 4.91. The molecule has 6 heteroatoms. The zero-order valence-corrected chi connectivity index (χ0v) is 18.6. The molecule has 4 nitrogen and oxygen atoms in total. The van der Waals surface area contributed by atoms with Crippen LogP contribution in [0.5, 0.6) is 5.75 Å². The van der Waals surface area contributed by atoms with Gasteiger partial charge in [-0.3, -0.25) is 10.1 Å². The van der Waals surface area contributed by atoms with Crippen molar-refractivity contribution in [1.29, 1.82) is 0 Å². The van der Waals surface area contributed by atoms with E-state index in [0.717, 1.165) is 28.6 Å². The summed E-state index contributed by atoms with van der Waals surface area (Å²) in [6, 6.07) is 12.2. The minimum Gasteiger partial charge on any atom is -0.483 e. The molecule has 3 aromatic rings. The molecule has 0 bridgehead atoms. The number of halogens is 1. The van der Waals surface area contributed by atoms with E-state index in [0.29, 0.717) is 10.9 Å². The second-order valence-electron chi connectivity index (χ2n) is 6.69. The Balaban J connectivity index is 1.58. The molecule has 0 spiro atoms. The predicted octanol–water partition coefficient (Wildman–Crippen LogP) is 6.16. The van der Waals surface area contributed by atoms with Gasteiger partial charge in [-0.1, -0.05) is 31.5 Å². The molecule has 28 heavy (non-hydrogen) atoms. The maximum atomic E-state index is 12.2. The maximum Gasteiger partial charge on any atom is 0.264 e. The number of aromatic nitrogens is 1. The van der Waals surface area contributed by atoms with Crippen molar-refractivity contribution >= 4 is 38.3 Å². The van der Waals surface area contributed by atoms with Crippen molar-refractivity contribution < 1.29 is 9.53 Å². The van der Waals surface area contributed by atoms with Crippen LogP contribution in [0.15, 0.2) is 46.3 Å². The molecule has 0 unspecified atom stereocenters. The molecular formula is C22H23BrN2O2S. The fourth-order valence-corrected chi connectivity index (χ4v) is 4.05. The van der Waals surface area contributed by atoms with Gasteiger partial charge in [0.15, 0.2) is 11.7 Å². The molecule has 3 rings (SSSR count). The van der Waals surface area contributed by atoms with Crippen molar-refractivity contribution in [3.8, 4) is 17.0 Å². The molecule has 2 aromatic carbocycles. The van der Waals surface area contributed by atoms with E-state index in [9.17, 15) is 4.79 Å². The Bertz CT molecular complexity index is 984. The van der Waals surface area contributed by atoms with Crippen molar-refractivity contribution in [3.63, 3.8) is 0 Å². The molecule has 0 fully saturated rings. The van der Waals surface area contributed by atoms with Crippen LogP contribution in [0.1, 0.15) is 30.0 Å². The fourth-order valence-electron chi connectivity index (χ4n) is 2.77. The number of aryl methyl sites for hydroxylation is 3. The molecule has 0 saturated heterocycles. The van der Waals surface area contributed by atoms with Crippen LogP contribution in [0.4, 0.5) is 5.13 Å². The minimum atomic E-state index is -0.231. The number of ether oxygens (including phenoxy) is 1. The molecule has 0 radical (unpaired) electrons. The van der Waals surface area contributed by atoms with E-state index in [-0.39, 0.29) is 12.5 Å². The van der Waals surface area contributed by atoms with E-state index in [1.807, 2.05) is 29.6 Å². The maximum absolute atomic E-state index is 12.2. The van der Waals surface area contributed by atoms with E-state index < -0.39 is 0 Å². The standard InChI is InChI=1S/C22H23BrN2O2S/c1-4-5-16-7-9-20(18(23)11-16)27-12-21(26)25-22-24-19(13-28-22)17-8-6-14(2)15(3)10-17/h6-11,13H,4-5,12H2,1-3H3,(H,24,25,26). The Morgan fingerprint density at radius 2 is 2.00 bits per heavy atom. The Labute approximate surface area is 178 Å². The van der Waals surface area contributed by atoms with Crippen LogP contribution in [0.2, 0.25) is 0 Å². The zero-order chi connectivity index (χ0) is 20.1. The van der Waals surface area contributed by atoms with Gasteiger partial charge in [0.05, 0.1) is 10.2 Å². The van der Waals surface area contributed by atoms with Crippen LogP contribution in [-0.4, -0.2) is 17.5 Å². The monoisotopic (exact) mass is 458 g/mol. The highest BCUT2D eigenvalue weighted by Gasteiger charge is 2.11. The summed E-state index contributed by atoms with van der Waals surface area (Å²) < 4.78 is 6.50. The average molecular weight is 459 g/mol. The van der Waals surface area contributed by atoms with Gasteiger partial charge in [-0.25, -0.2) is 4.98 Å². The van der Waals surface area contributed by atoms with Gasteiger partial charge in [-0.2, -0.15) is 0 Å². The highest BCUT2D eigenvalue weighted by molar-refractivity contribution is 9.10. The van der Waals surface area contributed by atoms with Gasteiger partial charge in [0.1, 0.15) is 5.75 Å². The first-order chi connectivity index (χ1) is 13.5. The summed E-state index contributed by atoms with van der Waals surface area (Å²) in [7, 11) is 0. The smallest absolute Gasteiger partial charge is 0.264 e. The first kappa shape index (κ1) is 20.6. The molecule has 1 aromatic heterocycles.